The Balaban J connectivity index is 2.04. The first-order valence-corrected chi connectivity index (χ1v) is 6.94. The number of anilines is 1. The molecule has 0 unspecified atom stereocenters. The van der Waals surface area contributed by atoms with Gasteiger partial charge in [0.2, 0.25) is 0 Å². The normalized spacial score (nSPS) is 19.4. The van der Waals surface area contributed by atoms with Gasteiger partial charge < -0.3 is 4.90 Å². The predicted molar refractivity (Wildman–Crippen MR) is 73.7 cm³/mol. The van der Waals surface area contributed by atoms with Crippen LogP contribution in [0.2, 0.25) is 5.15 Å². The molecule has 0 radical (unpaired) electrons. The summed E-state index contributed by atoms with van der Waals surface area (Å²) in [5.74, 6) is 1.03. The molecule has 17 heavy (non-hydrogen) atoms. The largest absolute Gasteiger partial charge is 0.357 e. The number of pyridine rings is 1. The van der Waals surface area contributed by atoms with Crippen LogP contribution in [-0.2, 0) is 0 Å². The topological polar surface area (TPSA) is 16.1 Å². The Labute approximate surface area is 109 Å². The Hall–Kier alpha value is -0.760. The number of aromatic nitrogens is 1. The Kier molecular flexibility index (Phi) is 3.93. The van der Waals surface area contributed by atoms with Crippen LogP contribution in [0.5, 0.6) is 0 Å². The van der Waals surface area contributed by atoms with Crippen LogP contribution in [-0.4, -0.2) is 18.1 Å². The molecule has 2 heterocycles. The molecule has 1 aromatic rings. The fourth-order valence-electron chi connectivity index (χ4n) is 2.74. The standard InChI is InChI=1S/C14H21ClN2/c1-3-14(4-2)8-10-17(11-9-14)13-7-5-6-12(15)16-13/h5-7H,3-4,8-11H2,1-2H3. The third kappa shape index (κ3) is 2.74. The molecule has 1 aliphatic heterocycles. The molecule has 0 N–H and O–H groups in total. The van der Waals surface area contributed by atoms with E-state index in [-0.39, 0.29) is 0 Å². The van der Waals surface area contributed by atoms with Crippen LogP contribution in [0.15, 0.2) is 18.2 Å². The third-order valence-corrected chi connectivity index (χ3v) is 4.56. The zero-order valence-corrected chi connectivity index (χ0v) is 11.5. The molecule has 1 fully saturated rings. The van der Waals surface area contributed by atoms with E-state index >= 15 is 0 Å². The van der Waals surface area contributed by atoms with E-state index in [1.807, 2.05) is 12.1 Å². The van der Waals surface area contributed by atoms with Gasteiger partial charge in [-0.25, -0.2) is 4.98 Å². The number of hydrogen-bond donors (Lipinski definition) is 0. The molecule has 1 saturated heterocycles. The third-order valence-electron chi connectivity index (χ3n) is 4.35. The maximum atomic E-state index is 5.94. The van der Waals surface area contributed by atoms with Crippen LogP contribution in [0.25, 0.3) is 0 Å². The molecule has 0 aliphatic carbocycles. The lowest BCUT2D eigenvalue weighted by molar-refractivity contribution is 0.199. The molecule has 2 rings (SSSR count). The van der Waals surface area contributed by atoms with Crippen LogP contribution in [0, 0.1) is 5.41 Å². The quantitative estimate of drug-likeness (QED) is 0.752. The van der Waals surface area contributed by atoms with Gasteiger partial charge in [-0.2, -0.15) is 0 Å². The lowest BCUT2D eigenvalue weighted by Crippen LogP contribution is -2.40. The van der Waals surface area contributed by atoms with E-state index in [2.05, 4.69) is 29.8 Å². The fourth-order valence-corrected chi connectivity index (χ4v) is 2.90. The van der Waals surface area contributed by atoms with Crippen molar-refractivity contribution in [1.29, 1.82) is 0 Å². The van der Waals surface area contributed by atoms with Crippen LogP contribution in [0.4, 0.5) is 5.82 Å². The first-order chi connectivity index (χ1) is 8.19. The average molecular weight is 253 g/mol. The van der Waals surface area contributed by atoms with E-state index in [0.29, 0.717) is 10.6 Å². The van der Waals surface area contributed by atoms with Gasteiger partial charge in [0.15, 0.2) is 0 Å². The van der Waals surface area contributed by atoms with E-state index in [9.17, 15) is 0 Å². The van der Waals surface area contributed by atoms with Gasteiger partial charge in [0.25, 0.3) is 0 Å². The second-order valence-corrected chi connectivity index (χ2v) is 5.40. The van der Waals surface area contributed by atoms with Gasteiger partial charge >= 0.3 is 0 Å². The first-order valence-electron chi connectivity index (χ1n) is 6.56. The molecule has 2 nitrogen and oxygen atoms in total. The SMILES string of the molecule is CCC1(CC)CCN(c2cccc(Cl)n2)CC1. The van der Waals surface area contributed by atoms with E-state index in [1.54, 1.807) is 0 Å². The first kappa shape index (κ1) is 12.7. The van der Waals surface area contributed by atoms with Crippen molar-refractivity contribution in [3.05, 3.63) is 23.4 Å². The predicted octanol–water partition coefficient (Wildman–Crippen LogP) is 4.14. The summed E-state index contributed by atoms with van der Waals surface area (Å²) in [5, 5.41) is 0.588. The maximum Gasteiger partial charge on any atom is 0.131 e. The minimum absolute atomic E-state index is 0.565. The van der Waals surface area contributed by atoms with Crippen molar-refractivity contribution < 1.29 is 0 Å². The van der Waals surface area contributed by atoms with E-state index in [1.165, 1.54) is 25.7 Å². The second-order valence-electron chi connectivity index (χ2n) is 5.01. The highest BCUT2D eigenvalue weighted by atomic mass is 35.5. The van der Waals surface area contributed by atoms with Crippen molar-refractivity contribution in [2.24, 2.45) is 5.41 Å². The van der Waals surface area contributed by atoms with Gasteiger partial charge in [-0.3, -0.25) is 0 Å². The molecular weight excluding hydrogens is 232 g/mol. The van der Waals surface area contributed by atoms with Gasteiger partial charge in [0, 0.05) is 13.1 Å². The van der Waals surface area contributed by atoms with E-state index in [0.717, 1.165) is 18.9 Å². The van der Waals surface area contributed by atoms with Crippen molar-refractivity contribution in [3.8, 4) is 0 Å². The summed E-state index contributed by atoms with van der Waals surface area (Å²) in [4.78, 5) is 6.74. The molecule has 94 valence electrons. The van der Waals surface area contributed by atoms with Crippen LogP contribution in [0.1, 0.15) is 39.5 Å². The minimum atomic E-state index is 0.565. The molecule has 0 bridgehead atoms. The molecule has 0 amide bonds. The van der Waals surface area contributed by atoms with E-state index < -0.39 is 0 Å². The highest BCUT2D eigenvalue weighted by Crippen LogP contribution is 2.38. The lowest BCUT2D eigenvalue weighted by Gasteiger charge is -2.41. The smallest absolute Gasteiger partial charge is 0.131 e. The molecule has 1 aliphatic rings. The van der Waals surface area contributed by atoms with Gasteiger partial charge in [-0.1, -0.05) is 44.4 Å². The van der Waals surface area contributed by atoms with Crippen LogP contribution >= 0.6 is 11.6 Å². The molecular formula is C14H21ClN2. The number of piperidine rings is 1. The maximum absolute atomic E-state index is 5.94. The number of hydrogen-bond acceptors (Lipinski definition) is 2. The molecule has 0 saturated carbocycles. The summed E-state index contributed by atoms with van der Waals surface area (Å²) < 4.78 is 0. The summed E-state index contributed by atoms with van der Waals surface area (Å²) in [6, 6.07) is 5.86. The summed E-state index contributed by atoms with van der Waals surface area (Å²) in [6.45, 7) is 6.84. The highest BCUT2D eigenvalue weighted by Gasteiger charge is 2.31. The summed E-state index contributed by atoms with van der Waals surface area (Å²) in [6.07, 6.45) is 5.13. The van der Waals surface area contributed by atoms with Gasteiger partial charge in [0.1, 0.15) is 11.0 Å². The molecule has 0 spiro atoms. The lowest BCUT2D eigenvalue weighted by atomic mass is 9.74. The van der Waals surface area contributed by atoms with Crippen molar-refractivity contribution >= 4 is 17.4 Å². The summed E-state index contributed by atoms with van der Waals surface area (Å²) in [7, 11) is 0. The zero-order valence-electron chi connectivity index (χ0n) is 10.7. The number of halogens is 1. The Morgan fingerprint density at radius 2 is 1.88 bits per heavy atom. The summed E-state index contributed by atoms with van der Waals surface area (Å²) >= 11 is 5.94. The van der Waals surface area contributed by atoms with Crippen LogP contribution in [0.3, 0.4) is 0 Å². The zero-order chi connectivity index (χ0) is 12.3. The average Bonchev–Trinajstić information content (AvgIpc) is 2.39. The fraction of sp³-hybridized carbons (Fsp3) is 0.643. The van der Waals surface area contributed by atoms with Crippen molar-refractivity contribution in [3.63, 3.8) is 0 Å². The molecule has 3 heteroatoms. The van der Waals surface area contributed by atoms with Gasteiger partial charge in [-0.15, -0.1) is 0 Å². The van der Waals surface area contributed by atoms with Crippen molar-refractivity contribution in [2.75, 3.05) is 18.0 Å². The molecule has 0 aromatic carbocycles. The van der Waals surface area contributed by atoms with Crippen molar-refractivity contribution in [1.82, 2.24) is 4.98 Å². The number of rotatable bonds is 3. The molecule has 1 aromatic heterocycles. The molecule has 0 atom stereocenters. The minimum Gasteiger partial charge on any atom is -0.357 e. The summed E-state index contributed by atoms with van der Waals surface area (Å²) in [5.41, 5.74) is 0.565. The second kappa shape index (κ2) is 5.26. The van der Waals surface area contributed by atoms with E-state index in [4.69, 9.17) is 11.6 Å². The monoisotopic (exact) mass is 252 g/mol. The van der Waals surface area contributed by atoms with Gasteiger partial charge in [0.05, 0.1) is 0 Å². The van der Waals surface area contributed by atoms with Crippen LogP contribution < -0.4 is 4.90 Å². The Morgan fingerprint density at radius 1 is 1.24 bits per heavy atom. The number of nitrogens with zero attached hydrogens (tertiary/aromatic N) is 2. The van der Waals surface area contributed by atoms with Crippen molar-refractivity contribution in [2.45, 2.75) is 39.5 Å². The Bertz CT molecular complexity index is 364. The Morgan fingerprint density at radius 3 is 2.41 bits per heavy atom. The highest BCUT2D eigenvalue weighted by molar-refractivity contribution is 6.29. The van der Waals surface area contributed by atoms with Gasteiger partial charge in [-0.05, 0) is 30.4 Å².